The Morgan fingerprint density at radius 2 is 0.539 bits per heavy atom. The van der Waals surface area contributed by atoms with Crippen molar-refractivity contribution in [1.82, 2.24) is 0 Å². The lowest BCUT2D eigenvalue weighted by Crippen LogP contribution is -2.30. The molecule has 0 rings (SSSR count). The van der Waals surface area contributed by atoms with Gasteiger partial charge >= 0.3 is 39.5 Å². The predicted molar refractivity (Wildman–Crippen MR) is 358 cm³/mol. The smallest absolute Gasteiger partial charge is 0.462 e. The van der Waals surface area contributed by atoms with Gasteiger partial charge in [0.15, 0.2) is 12.2 Å². The Hall–Kier alpha value is -1.94. The average molecular weight is 1310 g/mol. The molecule has 0 saturated heterocycles. The molecule has 0 aromatic rings. The molecule has 0 amide bonds. The van der Waals surface area contributed by atoms with E-state index in [-0.39, 0.29) is 25.7 Å². The molecule has 17 nitrogen and oxygen atoms in total. The summed E-state index contributed by atoms with van der Waals surface area (Å²) >= 11 is 0. The second-order valence-electron chi connectivity index (χ2n) is 26.9. The van der Waals surface area contributed by atoms with Crippen molar-refractivity contribution in [1.29, 1.82) is 0 Å². The number of hydrogen-bond acceptors (Lipinski definition) is 15. The molecule has 0 aromatic carbocycles. The van der Waals surface area contributed by atoms with Crippen LogP contribution in [0.5, 0.6) is 0 Å². The number of ether oxygens (including phenoxy) is 4. The number of phosphoric acid groups is 2. The Kier molecular flexibility index (Phi) is 58.5. The topological polar surface area (TPSA) is 237 Å². The molecule has 89 heavy (non-hydrogen) atoms. The Labute approximate surface area is 543 Å². The molecule has 4 unspecified atom stereocenters. The van der Waals surface area contributed by atoms with Gasteiger partial charge in [0.2, 0.25) is 0 Å². The third-order valence-corrected chi connectivity index (χ3v) is 18.3. The van der Waals surface area contributed by atoms with E-state index in [4.69, 9.17) is 37.0 Å². The molecule has 19 heteroatoms. The van der Waals surface area contributed by atoms with Crippen molar-refractivity contribution in [3.8, 4) is 0 Å². The molecule has 0 aromatic heterocycles. The van der Waals surface area contributed by atoms with Crippen LogP contribution in [0.25, 0.3) is 0 Å². The predicted octanol–water partition coefficient (Wildman–Crippen LogP) is 19.7. The third-order valence-electron chi connectivity index (χ3n) is 16.4. The molecule has 0 fully saturated rings. The van der Waals surface area contributed by atoms with Crippen LogP contribution < -0.4 is 0 Å². The van der Waals surface area contributed by atoms with Gasteiger partial charge in [0.05, 0.1) is 26.4 Å². The minimum absolute atomic E-state index is 0.104. The maximum absolute atomic E-state index is 13.0. The molecular formula is C70H136O17P2. The van der Waals surface area contributed by atoms with Crippen LogP contribution in [0.4, 0.5) is 0 Å². The number of unbranched alkanes of at least 4 members (excludes halogenated alkanes) is 32. The molecule has 0 aliphatic rings. The first-order chi connectivity index (χ1) is 42.6. The van der Waals surface area contributed by atoms with Crippen molar-refractivity contribution < 1.29 is 80.2 Å². The summed E-state index contributed by atoms with van der Waals surface area (Å²) in [4.78, 5) is 72.5. The summed E-state index contributed by atoms with van der Waals surface area (Å²) in [5, 5.41) is 10.6. The zero-order chi connectivity index (χ0) is 66.1. The largest absolute Gasteiger partial charge is 0.472 e. The number of aliphatic hydroxyl groups excluding tert-OH is 1. The Morgan fingerprint density at radius 3 is 0.798 bits per heavy atom. The van der Waals surface area contributed by atoms with Crippen molar-refractivity contribution in [2.24, 2.45) is 23.7 Å². The molecular weight excluding hydrogens is 1170 g/mol. The number of esters is 4. The van der Waals surface area contributed by atoms with Gasteiger partial charge in [-0.1, -0.05) is 293 Å². The summed E-state index contributed by atoms with van der Waals surface area (Å²) < 4.78 is 68.2. The quantitative estimate of drug-likeness (QED) is 0.0222. The SMILES string of the molecule is CCC(C)CCCCCCCCC(=O)OC[C@H](COP(=O)(O)OCC(O)COP(=O)(O)OC[C@@H](COC(=O)CCCCCCCCCC(C)C)OC(=O)CCCCCCCCCCCCCCCCC(C)C)OC(=O)CCCCCCCCCCCC(C)C. The van der Waals surface area contributed by atoms with Crippen molar-refractivity contribution in [3.05, 3.63) is 0 Å². The normalized spacial score (nSPS) is 14.6. The van der Waals surface area contributed by atoms with Gasteiger partial charge < -0.3 is 33.8 Å². The lowest BCUT2D eigenvalue weighted by molar-refractivity contribution is -0.161. The van der Waals surface area contributed by atoms with Gasteiger partial charge in [0.1, 0.15) is 19.3 Å². The molecule has 0 aliphatic heterocycles. The fourth-order valence-electron chi connectivity index (χ4n) is 10.5. The van der Waals surface area contributed by atoms with E-state index in [1.165, 1.54) is 135 Å². The Balaban J connectivity index is 5.23. The molecule has 0 radical (unpaired) electrons. The van der Waals surface area contributed by atoms with E-state index >= 15 is 0 Å². The van der Waals surface area contributed by atoms with Crippen LogP contribution in [0.2, 0.25) is 0 Å². The number of carbonyl (C=O) groups is 4. The Bertz CT molecular complexity index is 1770. The number of carbonyl (C=O) groups excluding carboxylic acids is 4. The van der Waals surface area contributed by atoms with Crippen molar-refractivity contribution in [2.45, 2.75) is 363 Å². The van der Waals surface area contributed by atoms with Gasteiger partial charge in [0, 0.05) is 25.7 Å². The molecule has 528 valence electrons. The van der Waals surface area contributed by atoms with Gasteiger partial charge in [-0.3, -0.25) is 37.3 Å². The van der Waals surface area contributed by atoms with E-state index < -0.39 is 97.5 Å². The van der Waals surface area contributed by atoms with E-state index in [1.807, 2.05) is 0 Å². The maximum Gasteiger partial charge on any atom is 0.472 e. The highest BCUT2D eigenvalue weighted by atomic mass is 31.2. The summed E-state index contributed by atoms with van der Waals surface area (Å²) in [6.45, 7) is 14.1. The van der Waals surface area contributed by atoms with Crippen molar-refractivity contribution in [2.75, 3.05) is 39.6 Å². The van der Waals surface area contributed by atoms with Crippen LogP contribution in [0.1, 0.15) is 344 Å². The van der Waals surface area contributed by atoms with Gasteiger partial charge in [-0.15, -0.1) is 0 Å². The minimum Gasteiger partial charge on any atom is -0.462 e. The fraction of sp³-hybridized carbons (Fsp3) is 0.943. The third kappa shape index (κ3) is 63.2. The first kappa shape index (κ1) is 87.1. The molecule has 0 heterocycles. The highest BCUT2D eigenvalue weighted by Gasteiger charge is 2.30. The second-order valence-corrected chi connectivity index (χ2v) is 29.8. The van der Waals surface area contributed by atoms with E-state index in [0.29, 0.717) is 31.6 Å². The van der Waals surface area contributed by atoms with Gasteiger partial charge in [-0.25, -0.2) is 9.13 Å². The number of hydrogen-bond donors (Lipinski definition) is 3. The molecule has 3 N–H and O–H groups in total. The summed E-state index contributed by atoms with van der Waals surface area (Å²) in [5.41, 5.74) is 0. The van der Waals surface area contributed by atoms with Crippen LogP contribution in [0.15, 0.2) is 0 Å². The first-order valence-corrected chi connectivity index (χ1v) is 39.2. The lowest BCUT2D eigenvalue weighted by Gasteiger charge is -2.21. The standard InChI is InChI=1S/C70H136O17P2/c1-9-63(8)49-41-33-28-29-35-43-51-68(73)81-57-66(87-70(75)53-45-37-26-20-16-18-23-31-39-47-61(4)5)59-85-89(78,79)83-55-64(71)54-82-88(76,77)84-58-65(56-80-67(72)50-42-34-27-21-24-32-40-48-62(6)7)86-69(74)52-44-36-25-19-15-13-11-10-12-14-17-22-30-38-46-60(2)3/h60-66,71H,9-59H2,1-8H3,(H,76,77)(H,78,79)/t63?,64?,65-,66-/m1/s1. The second kappa shape index (κ2) is 59.8. The minimum atomic E-state index is -4.95. The molecule has 0 saturated carbocycles. The number of phosphoric ester groups is 2. The van der Waals surface area contributed by atoms with Crippen molar-refractivity contribution >= 4 is 39.5 Å². The average Bonchev–Trinajstić information content (AvgIpc) is 3.56. The van der Waals surface area contributed by atoms with Crippen LogP contribution in [-0.2, 0) is 65.4 Å². The van der Waals surface area contributed by atoms with Gasteiger partial charge in [-0.2, -0.15) is 0 Å². The molecule has 0 aliphatic carbocycles. The van der Waals surface area contributed by atoms with E-state index in [1.54, 1.807) is 0 Å². The number of aliphatic hydroxyl groups is 1. The Morgan fingerprint density at radius 1 is 0.315 bits per heavy atom. The zero-order valence-corrected chi connectivity index (χ0v) is 59.8. The van der Waals surface area contributed by atoms with Gasteiger partial charge in [0.25, 0.3) is 0 Å². The molecule has 0 bridgehead atoms. The van der Waals surface area contributed by atoms with Crippen LogP contribution in [0.3, 0.4) is 0 Å². The van der Waals surface area contributed by atoms with Crippen LogP contribution in [0, 0.1) is 23.7 Å². The maximum atomic E-state index is 13.0. The van der Waals surface area contributed by atoms with Crippen LogP contribution in [-0.4, -0.2) is 96.7 Å². The molecule has 6 atom stereocenters. The van der Waals surface area contributed by atoms with Crippen molar-refractivity contribution in [3.63, 3.8) is 0 Å². The van der Waals surface area contributed by atoms with E-state index in [2.05, 4.69) is 55.4 Å². The van der Waals surface area contributed by atoms with E-state index in [0.717, 1.165) is 120 Å². The fourth-order valence-corrected chi connectivity index (χ4v) is 12.0. The highest BCUT2D eigenvalue weighted by molar-refractivity contribution is 7.47. The lowest BCUT2D eigenvalue weighted by atomic mass is 10.00. The number of rotatable bonds is 67. The molecule has 0 spiro atoms. The van der Waals surface area contributed by atoms with E-state index in [9.17, 15) is 43.2 Å². The summed E-state index contributed by atoms with van der Waals surface area (Å²) in [6, 6.07) is 0. The highest BCUT2D eigenvalue weighted by Crippen LogP contribution is 2.45. The monoisotopic (exact) mass is 1310 g/mol. The summed E-state index contributed by atoms with van der Waals surface area (Å²) in [5.74, 6) is 0.836. The van der Waals surface area contributed by atoms with Crippen LogP contribution >= 0.6 is 15.6 Å². The van der Waals surface area contributed by atoms with Gasteiger partial charge in [-0.05, 0) is 49.4 Å². The zero-order valence-electron chi connectivity index (χ0n) is 58.1. The summed E-state index contributed by atoms with van der Waals surface area (Å²) in [7, 11) is -9.90. The summed E-state index contributed by atoms with van der Waals surface area (Å²) in [6.07, 6.45) is 41.8. The first-order valence-electron chi connectivity index (χ1n) is 36.2.